The van der Waals surface area contributed by atoms with Crippen LogP contribution in [0.1, 0.15) is 36.9 Å². The molecular formula is C14H24N4O2S. The number of hydrogen-bond acceptors (Lipinski definition) is 4. The number of nitrogens with one attached hydrogen (secondary N) is 3. The highest BCUT2D eigenvalue weighted by Crippen LogP contribution is 2.48. The fraction of sp³-hybridized carbons (Fsp3) is 0.786. The van der Waals surface area contributed by atoms with Gasteiger partial charge in [0.1, 0.15) is 0 Å². The van der Waals surface area contributed by atoms with E-state index in [-0.39, 0.29) is 5.03 Å². The Bertz CT molecular complexity index is 590. The average molecular weight is 312 g/mol. The van der Waals surface area contributed by atoms with Crippen molar-refractivity contribution in [2.75, 3.05) is 13.6 Å². The molecule has 2 aliphatic carbocycles. The van der Waals surface area contributed by atoms with E-state index in [2.05, 4.69) is 20.2 Å². The van der Waals surface area contributed by atoms with Crippen LogP contribution in [0.3, 0.4) is 0 Å². The van der Waals surface area contributed by atoms with Crippen molar-refractivity contribution in [1.82, 2.24) is 20.2 Å². The fourth-order valence-corrected chi connectivity index (χ4v) is 4.34. The van der Waals surface area contributed by atoms with Gasteiger partial charge in [-0.3, -0.25) is 5.10 Å². The molecule has 21 heavy (non-hydrogen) atoms. The van der Waals surface area contributed by atoms with Gasteiger partial charge in [-0.25, -0.2) is 13.1 Å². The van der Waals surface area contributed by atoms with E-state index >= 15 is 0 Å². The van der Waals surface area contributed by atoms with Gasteiger partial charge in [0.15, 0.2) is 5.03 Å². The number of sulfonamides is 1. The van der Waals surface area contributed by atoms with Crippen LogP contribution in [0, 0.1) is 24.7 Å². The van der Waals surface area contributed by atoms with Crippen molar-refractivity contribution in [3.05, 3.63) is 11.3 Å². The van der Waals surface area contributed by atoms with Crippen molar-refractivity contribution < 1.29 is 8.42 Å². The van der Waals surface area contributed by atoms with Crippen LogP contribution in [0.4, 0.5) is 0 Å². The Morgan fingerprint density at radius 2 is 1.90 bits per heavy atom. The van der Waals surface area contributed by atoms with Gasteiger partial charge in [-0.15, -0.1) is 0 Å². The van der Waals surface area contributed by atoms with E-state index in [4.69, 9.17) is 0 Å². The lowest BCUT2D eigenvalue weighted by atomic mass is 9.99. The van der Waals surface area contributed by atoms with E-state index < -0.39 is 10.0 Å². The van der Waals surface area contributed by atoms with E-state index in [0.717, 1.165) is 23.1 Å². The summed E-state index contributed by atoms with van der Waals surface area (Å²) in [6.07, 6.45) is 5.04. The van der Waals surface area contributed by atoms with Crippen LogP contribution >= 0.6 is 0 Å². The zero-order valence-corrected chi connectivity index (χ0v) is 13.5. The lowest BCUT2D eigenvalue weighted by molar-refractivity contribution is 0.401. The number of aryl methyl sites for hydroxylation is 1. The number of H-pyrrole nitrogens is 1. The smallest absolute Gasteiger partial charge is 0.260 e. The summed E-state index contributed by atoms with van der Waals surface area (Å²) in [5.74, 6) is 1.99. The predicted octanol–water partition coefficient (Wildman–Crippen LogP) is 1.15. The van der Waals surface area contributed by atoms with Crippen LogP contribution in [0.25, 0.3) is 0 Å². The van der Waals surface area contributed by atoms with Crippen molar-refractivity contribution in [1.29, 1.82) is 0 Å². The van der Waals surface area contributed by atoms with Crippen LogP contribution < -0.4 is 10.0 Å². The summed E-state index contributed by atoms with van der Waals surface area (Å²) in [5.41, 5.74) is 1.52. The Labute approximate surface area is 126 Å². The molecule has 0 amide bonds. The van der Waals surface area contributed by atoms with Crippen LogP contribution in [-0.4, -0.2) is 32.2 Å². The highest BCUT2D eigenvalue weighted by Gasteiger charge is 2.41. The van der Waals surface area contributed by atoms with Gasteiger partial charge < -0.3 is 5.32 Å². The zero-order valence-electron chi connectivity index (χ0n) is 12.6. The predicted molar refractivity (Wildman–Crippen MR) is 80.2 cm³/mol. The van der Waals surface area contributed by atoms with Gasteiger partial charge in [-0.1, -0.05) is 0 Å². The molecule has 1 heterocycles. The van der Waals surface area contributed by atoms with E-state index in [1.165, 1.54) is 25.7 Å². The number of rotatable bonds is 8. The number of aromatic nitrogens is 2. The molecule has 3 N–H and O–H groups in total. The van der Waals surface area contributed by atoms with Crippen molar-refractivity contribution in [3.8, 4) is 0 Å². The molecule has 0 unspecified atom stereocenters. The first-order valence-electron chi connectivity index (χ1n) is 7.71. The molecule has 0 radical (unpaired) electrons. The van der Waals surface area contributed by atoms with Gasteiger partial charge in [-0.05, 0) is 57.4 Å². The van der Waals surface area contributed by atoms with Gasteiger partial charge in [-0.2, -0.15) is 5.10 Å². The lowest BCUT2D eigenvalue weighted by Crippen LogP contribution is -2.32. The Balaban J connectivity index is 1.71. The largest absolute Gasteiger partial charge is 0.316 e. The van der Waals surface area contributed by atoms with E-state index in [9.17, 15) is 8.42 Å². The first-order valence-corrected chi connectivity index (χ1v) is 9.19. The Hall–Kier alpha value is -0.920. The maximum Gasteiger partial charge on any atom is 0.260 e. The molecule has 0 bridgehead atoms. The molecule has 6 nitrogen and oxygen atoms in total. The van der Waals surface area contributed by atoms with Crippen molar-refractivity contribution >= 4 is 10.0 Å². The van der Waals surface area contributed by atoms with E-state index in [1.807, 2.05) is 6.92 Å². The summed E-state index contributed by atoms with van der Waals surface area (Å²) in [6, 6.07) is 0. The standard InChI is InChI=1S/C14H24N4O2S/c1-9-12(7-15-2)14(18-17-9)21(19,20)16-8-13(10-3-4-10)11-5-6-11/h10-11,13,15-16H,3-8H2,1-2H3,(H,17,18). The number of hydrogen-bond donors (Lipinski definition) is 3. The third-order valence-electron chi connectivity index (χ3n) is 4.61. The number of aromatic amines is 1. The fourth-order valence-electron chi connectivity index (χ4n) is 3.08. The second-order valence-corrected chi connectivity index (χ2v) is 8.04. The van der Waals surface area contributed by atoms with Gasteiger partial charge in [0.05, 0.1) is 0 Å². The molecular weight excluding hydrogens is 288 g/mol. The molecule has 3 rings (SSSR count). The average Bonchev–Trinajstić information content (AvgIpc) is 3.32. The summed E-state index contributed by atoms with van der Waals surface area (Å²) in [7, 11) is -1.73. The molecule has 0 aromatic carbocycles. The quantitative estimate of drug-likeness (QED) is 0.672. The van der Waals surface area contributed by atoms with Crippen LogP contribution in [0.5, 0.6) is 0 Å². The SMILES string of the molecule is CNCc1c(S(=O)(=O)NCC(C2CC2)C2CC2)n[nH]c1C. The Morgan fingerprint density at radius 3 is 2.43 bits per heavy atom. The van der Waals surface area contributed by atoms with E-state index in [1.54, 1.807) is 7.05 Å². The topological polar surface area (TPSA) is 86.9 Å². The van der Waals surface area contributed by atoms with Gasteiger partial charge in [0, 0.05) is 24.3 Å². The molecule has 0 aliphatic heterocycles. The van der Waals surface area contributed by atoms with Crippen LogP contribution in [-0.2, 0) is 16.6 Å². The first kappa shape index (κ1) is 15.0. The Morgan fingerprint density at radius 1 is 1.29 bits per heavy atom. The minimum absolute atomic E-state index is 0.139. The molecule has 0 atom stereocenters. The maximum atomic E-state index is 12.5. The van der Waals surface area contributed by atoms with Gasteiger partial charge >= 0.3 is 0 Å². The summed E-state index contributed by atoms with van der Waals surface area (Å²) < 4.78 is 27.8. The maximum absolute atomic E-state index is 12.5. The third-order valence-corrected chi connectivity index (χ3v) is 6.00. The highest BCUT2D eigenvalue weighted by molar-refractivity contribution is 7.89. The third kappa shape index (κ3) is 3.30. The first-order chi connectivity index (χ1) is 10.0. The lowest BCUT2D eigenvalue weighted by Gasteiger charge is -2.16. The highest BCUT2D eigenvalue weighted by atomic mass is 32.2. The molecule has 1 aromatic heterocycles. The van der Waals surface area contributed by atoms with E-state index in [0.29, 0.717) is 19.0 Å². The molecule has 2 saturated carbocycles. The molecule has 0 spiro atoms. The second-order valence-electron chi connectivity index (χ2n) is 6.35. The van der Waals surface area contributed by atoms with Gasteiger partial charge in [0.25, 0.3) is 10.0 Å². The molecule has 7 heteroatoms. The summed E-state index contributed by atoms with van der Waals surface area (Å²) in [4.78, 5) is 0. The minimum atomic E-state index is -3.53. The normalized spacial score (nSPS) is 19.4. The number of nitrogens with zero attached hydrogens (tertiary/aromatic N) is 1. The summed E-state index contributed by atoms with van der Waals surface area (Å²) in [5, 5.41) is 9.90. The molecule has 1 aromatic rings. The summed E-state index contributed by atoms with van der Waals surface area (Å²) >= 11 is 0. The monoisotopic (exact) mass is 312 g/mol. The Kier molecular flexibility index (Phi) is 4.07. The van der Waals surface area contributed by atoms with Gasteiger partial charge in [0.2, 0.25) is 0 Å². The van der Waals surface area contributed by atoms with Crippen molar-refractivity contribution in [2.45, 2.75) is 44.2 Å². The van der Waals surface area contributed by atoms with Crippen molar-refractivity contribution in [3.63, 3.8) is 0 Å². The summed E-state index contributed by atoms with van der Waals surface area (Å²) in [6.45, 7) is 2.89. The van der Waals surface area contributed by atoms with Crippen molar-refractivity contribution in [2.24, 2.45) is 17.8 Å². The molecule has 2 aliphatic rings. The molecule has 118 valence electrons. The second kappa shape index (κ2) is 5.70. The minimum Gasteiger partial charge on any atom is -0.316 e. The van der Waals surface area contributed by atoms with Crippen LogP contribution in [0.15, 0.2) is 5.03 Å². The van der Waals surface area contributed by atoms with Crippen LogP contribution in [0.2, 0.25) is 0 Å². The molecule has 2 fully saturated rings. The zero-order chi connectivity index (χ0) is 15.0. The molecule has 0 saturated heterocycles.